The summed E-state index contributed by atoms with van der Waals surface area (Å²) in [7, 11) is 1.83. The first-order valence-corrected chi connectivity index (χ1v) is 15.0. The van der Waals surface area contributed by atoms with Crippen LogP contribution in [0.3, 0.4) is 0 Å². The first kappa shape index (κ1) is 22.5. The minimum atomic E-state index is -2.11. The van der Waals surface area contributed by atoms with E-state index in [1.165, 1.54) is 10.4 Å². The van der Waals surface area contributed by atoms with Crippen LogP contribution >= 0.6 is 0 Å². The van der Waals surface area contributed by atoms with E-state index in [-0.39, 0.29) is 5.75 Å². The summed E-state index contributed by atoms with van der Waals surface area (Å²) in [5.41, 5.74) is 6.12. The fourth-order valence-electron chi connectivity index (χ4n) is 5.18. The van der Waals surface area contributed by atoms with Gasteiger partial charge in [0, 0.05) is 19.7 Å². The van der Waals surface area contributed by atoms with Gasteiger partial charge in [-0.25, -0.2) is 0 Å². The Morgan fingerprint density at radius 1 is 1.15 bits per heavy atom. The van der Waals surface area contributed by atoms with Crippen molar-refractivity contribution in [3.8, 4) is 11.5 Å². The van der Waals surface area contributed by atoms with Crippen molar-refractivity contribution < 1.29 is 14.6 Å². The molecule has 0 bridgehead atoms. The molecule has 1 aliphatic carbocycles. The van der Waals surface area contributed by atoms with Crippen LogP contribution in [0.4, 0.5) is 5.69 Å². The van der Waals surface area contributed by atoms with Crippen molar-refractivity contribution in [2.45, 2.75) is 26.4 Å². The second-order valence-corrected chi connectivity index (χ2v) is 13.9. The monoisotopic (exact) mass is 472 g/mol. The zero-order valence-corrected chi connectivity index (χ0v) is 21.6. The molecule has 0 atom stereocenters. The zero-order chi connectivity index (χ0) is 24.0. The molecule has 5 rings (SSSR count). The maximum Gasteiger partial charge on any atom is 0.145 e. The van der Waals surface area contributed by atoms with Gasteiger partial charge in [0.2, 0.25) is 0 Å². The van der Waals surface area contributed by atoms with Gasteiger partial charge in [-0.15, -0.1) is 0 Å². The van der Waals surface area contributed by atoms with Crippen LogP contribution in [0.15, 0.2) is 70.1 Å². The molecule has 2 aliphatic heterocycles. The fraction of sp³-hybridized carbons (Fsp3) is 0.321. The molecule has 0 unspecified atom stereocenters. The number of ether oxygens (including phenoxy) is 2. The summed E-state index contributed by atoms with van der Waals surface area (Å²) in [4.78, 5) is 6.83. The van der Waals surface area contributed by atoms with E-state index < -0.39 is 8.07 Å². The van der Waals surface area contributed by atoms with Gasteiger partial charge in [-0.05, 0) is 63.9 Å². The number of phenols is 1. The lowest BCUT2D eigenvalue weighted by Crippen LogP contribution is -2.50. The fourth-order valence-corrected chi connectivity index (χ4v) is 8.21. The van der Waals surface area contributed by atoms with Crippen LogP contribution in [-0.2, 0) is 4.74 Å². The predicted octanol–water partition coefficient (Wildman–Crippen LogP) is 4.81. The Hall–Kier alpha value is -3.25. The molecule has 0 aromatic heterocycles. The average Bonchev–Trinajstić information content (AvgIpc) is 2.83. The molecule has 2 heterocycles. The molecule has 6 heteroatoms. The molecule has 1 N–H and O–H groups in total. The summed E-state index contributed by atoms with van der Waals surface area (Å²) < 4.78 is 12.2. The maximum absolute atomic E-state index is 10.9. The Kier molecular flexibility index (Phi) is 5.64. The molecule has 34 heavy (non-hydrogen) atoms. The van der Waals surface area contributed by atoms with Crippen molar-refractivity contribution in [1.29, 1.82) is 0 Å². The number of fused-ring (bicyclic) bond motifs is 3. The zero-order valence-electron chi connectivity index (χ0n) is 20.6. The highest BCUT2D eigenvalue weighted by Gasteiger charge is 2.42. The third-order valence-corrected chi connectivity index (χ3v) is 10.6. The van der Waals surface area contributed by atoms with E-state index in [0.29, 0.717) is 13.2 Å². The lowest BCUT2D eigenvalue weighted by atomic mass is 9.88. The predicted molar refractivity (Wildman–Crippen MR) is 142 cm³/mol. The molecule has 3 aliphatic rings. The van der Waals surface area contributed by atoms with Crippen LogP contribution in [0.2, 0.25) is 13.1 Å². The van der Waals surface area contributed by atoms with Gasteiger partial charge in [0.25, 0.3) is 0 Å². The second kappa shape index (κ2) is 8.51. The van der Waals surface area contributed by atoms with Crippen LogP contribution in [0.5, 0.6) is 11.5 Å². The standard InChI is InChI=1S/C28H32N2O3Si/c1-6-12-32-24-14-19-26(16-21(24)29-2)34(4,5)27-17-22-25(33-13-11-30(22)3)15-20(27)28(19)18-9-7-8-10-23(18)31/h7-10,14-17,31H,6,11-13H2,1-5H3/b29-21+. The van der Waals surface area contributed by atoms with Crippen LogP contribution in [0.25, 0.3) is 5.57 Å². The van der Waals surface area contributed by atoms with E-state index in [9.17, 15) is 5.11 Å². The molecule has 0 spiro atoms. The summed E-state index contributed by atoms with van der Waals surface area (Å²) in [6, 6.07) is 12.1. The molecule has 0 radical (unpaired) electrons. The number of nitrogens with zero attached hydrogens (tertiary/aromatic N) is 2. The van der Waals surface area contributed by atoms with Gasteiger partial charge in [-0.1, -0.05) is 38.2 Å². The van der Waals surface area contributed by atoms with E-state index in [1.807, 2.05) is 25.2 Å². The Morgan fingerprint density at radius 2 is 1.94 bits per heavy atom. The van der Waals surface area contributed by atoms with Gasteiger partial charge in [-0.2, -0.15) is 0 Å². The summed E-state index contributed by atoms with van der Waals surface area (Å²) in [6.07, 6.45) is 5.28. The molecular weight excluding hydrogens is 440 g/mol. The minimum Gasteiger partial charge on any atom is -0.507 e. The summed E-state index contributed by atoms with van der Waals surface area (Å²) >= 11 is 0. The number of likely N-dealkylation sites (N-methyl/N-ethyl adjacent to an activating group) is 1. The third kappa shape index (κ3) is 3.48. The molecule has 2 aromatic carbocycles. The van der Waals surface area contributed by atoms with E-state index in [4.69, 9.17) is 9.47 Å². The van der Waals surface area contributed by atoms with Gasteiger partial charge in [0.15, 0.2) is 0 Å². The van der Waals surface area contributed by atoms with Crippen molar-refractivity contribution >= 4 is 30.2 Å². The van der Waals surface area contributed by atoms with Crippen molar-refractivity contribution in [3.05, 3.63) is 76.2 Å². The van der Waals surface area contributed by atoms with Crippen LogP contribution in [0.1, 0.15) is 24.5 Å². The Bertz CT molecular complexity index is 1290. The molecule has 2 aromatic rings. The van der Waals surface area contributed by atoms with E-state index >= 15 is 0 Å². The molecule has 0 fully saturated rings. The first-order chi connectivity index (χ1) is 16.4. The maximum atomic E-state index is 10.9. The van der Waals surface area contributed by atoms with E-state index in [2.05, 4.69) is 61.2 Å². The Balaban J connectivity index is 1.86. The molecular formula is C28H32N2O3Si. The van der Waals surface area contributed by atoms with Crippen LogP contribution < -0.4 is 14.8 Å². The van der Waals surface area contributed by atoms with Crippen LogP contribution in [-0.4, -0.2) is 52.7 Å². The number of allylic oxidation sites excluding steroid dienone is 4. The largest absolute Gasteiger partial charge is 0.507 e. The highest BCUT2D eigenvalue weighted by Crippen LogP contribution is 2.46. The van der Waals surface area contributed by atoms with Gasteiger partial charge in [-0.3, -0.25) is 4.99 Å². The summed E-state index contributed by atoms with van der Waals surface area (Å²) in [5, 5.41) is 13.6. The summed E-state index contributed by atoms with van der Waals surface area (Å²) in [6.45, 7) is 9.08. The lowest BCUT2D eigenvalue weighted by molar-refractivity contribution is 0.231. The van der Waals surface area contributed by atoms with Crippen molar-refractivity contribution in [1.82, 2.24) is 0 Å². The second-order valence-electron chi connectivity index (χ2n) is 9.59. The number of benzene rings is 2. The van der Waals surface area contributed by atoms with Gasteiger partial charge in [0.1, 0.15) is 31.9 Å². The number of aliphatic imine (C=N–C) groups is 1. The van der Waals surface area contributed by atoms with Crippen molar-refractivity contribution in [2.24, 2.45) is 4.99 Å². The van der Waals surface area contributed by atoms with Crippen molar-refractivity contribution in [2.75, 3.05) is 38.8 Å². The Labute approximate surface area is 202 Å². The molecule has 0 amide bonds. The van der Waals surface area contributed by atoms with E-state index in [0.717, 1.165) is 58.1 Å². The first-order valence-electron chi connectivity index (χ1n) is 12.0. The molecule has 0 saturated carbocycles. The average molecular weight is 473 g/mol. The smallest absolute Gasteiger partial charge is 0.145 e. The number of hydrogen-bond acceptors (Lipinski definition) is 5. The Morgan fingerprint density at radius 3 is 2.68 bits per heavy atom. The van der Waals surface area contributed by atoms with Crippen LogP contribution in [0, 0.1) is 0 Å². The number of hydrogen-bond donors (Lipinski definition) is 1. The molecule has 176 valence electrons. The lowest BCUT2D eigenvalue weighted by Gasteiger charge is -2.40. The highest BCUT2D eigenvalue weighted by atomic mass is 28.3. The number of para-hydroxylation sites is 1. The third-order valence-electron chi connectivity index (χ3n) is 7.06. The topological polar surface area (TPSA) is 54.3 Å². The molecule has 5 nitrogen and oxygen atoms in total. The number of anilines is 1. The van der Waals surface area contributed by atoms with Gasteiger partial charge < -0.3 is 19.5 Å². The normalized spacial score (nSPS) is 19.6. The summed E-state index contributed by atoms with van der Waals surface area (Å²) in [5.74, 6) is 1.96. The number of aromatic hydroxyl groups is 1. The number of rotatable bonds is 4. The molecule has 0 saturated heterocycles. The van der Waals surface area contributed by atoms with E-state index in [1.54, 1.807) is 6.07 Å². The number of phenolic OH excluding ortho intramolecular Hbond substituents is 1. The minimum absolute atomic E-state index is 0.270. The van der Waals surface area contributed by atoms with Gasteiger partial charge >= 0.3 is 0 Å². The van der Waals surface area contributed by atoms with Gasteiger partial charge in [0.05, 0.1) is 24.6 Å². The SMILES string of the molecule is CCCOC1=CC2=C(c3ccccc3O)c3cc4c(cc3[Si](C)(C)C2=C/C1=N\C)N(C)CCO4. The quantitative estimate of drug-likeness (QED) is 0.649. The highest BCUT2D eigenvalue weighted by molar-refractivity contribution is 6.98. The van der Waals surface area contributed by atoms with Crippen molar-refractivity contribution in [3.63, 3.8) is 0 Å².